The summed E-state index contributed by atoms with van der Waals surface area (Å²) in [4.78, 5) is 4.67. The van der Waals surface area contributed by atoms with E-state index in [0.29, 0.717) is 0 Å². The highest BCUT2D eigenvalue weighted by atomic mass is 33.1. The van der Waals surface area contributed by atoms with Crippen molar-refractivity contribution in [1.29, 1.82) is 0 Å². The van der Waals surface area contributed by atoms with Crippen molar-refractivity contribution in [2.75, 3.05) is 48.5 Å². The van der Waals surface area contributed by atoms with Crippen molar-refractivity contribution in [2.45, 2.75) is 25.9 Å². The van der Waals surface area contributed by atoms with E-state index in [0.717, 1.165) is 50.5 Å². The van der Waals surface area contributed by atoms with Crippen molar-refractivity contribution in [2.24, 2.45) is 0 Å². The highest BCUT2D eigenvalue weighted by Gasteiger charge is 2.16. The molecule has 0 atom stereocenters. The molecular formula is C36H40N4S2+2. The van der Waals surface area contributed by atoms with E-state index in [9.17, 15) is 0 Å². The van der Waals surface area contributed by atoms with Crippen LogP contribution in [-0.2, 0) is 25.9 Å². The molecule has 4 aromatic rings. The molecule has 2 aromatic carbocycles. The second kappa shape index (κ2) is 13.7. The number of fused-ring (bicyclic) bond motifs is 2. The lowest BCUT2D eigenvalue weighted by molar-refractivity contribution is -0.692. The minimum atomic E-state index is 1.02. The number of anilines is 2. The molecule has 0 saturated carbocycles. The molecular weight excluding hydrogens is 553 g/mol. The standard InChI is InChI=1S/C36H40N4S2/c1-37-17-15-33-27-31(7-9-35(33)37)5-3-29-11-19-39(20-12-29)23-25-41-42-26-24-40-21-13-30(14-22-40)4-6-32-8-10-36-34(28-32)16-18-38(36)2/h3-14,19-22,27-28H,15-18,23-26H2,1-2H3/q+2. The summed E-state index contributed by atoms with van der Waals surface area (Å²) in [7, 11) is 8.26. The molecule has 2 aliphatic rings. The molecule has 0 spiro atoms. The fourth-order valence-electron chi connectivity index (χ4n) is 5.63. The number of benzene rings is 2. The summed E-state index contributed by atoms with van der Waals surface area (Å²) in [5, 5.41) is 0. The van der Waals surface area contributed by atoms with Crippen LogP contribution in [0.4, 0.5) is 11.4 Å². The molecule has 4 nitrogen and oxygen atoms in total. The summed E-state index contributed by atoms with van der Waals surface area (Å²) >= 11 is 0. The van der Waals surface area contributed by atoms with Gasteiger partial charge in [-0.15, -0.1) is 0 Å². The predicted molar refractivity (Wildman–Crippen MR) is 183 cm³/mol. The Bertz CT molecular complexity index is 1440. The van der Waals surface area contributed by atoms with Gasteiger partial charge in [0.2, 0.25) is 0 Å². The molecule has 214 valence electrons. The number of hydrogen-bond acceptors (Lipinski definition) is 4. The van der Waals surface area contributed by atoms with Crippen LogP contribution >= 0.6 is 21.6 Å². The molecule has 42 heavy (non-hydrogen) atoms. The van der Waals surface area contributed by atoms with Gasteiger partial charge in [0.05, 0.1) is 11.5 Å². The summed E-state index contributed by atoms with van der Waals surface area (Å²) in [5.74, 6) is 2.20. The first-order valence-corrected chi connectivity index (χ1v) is 17.4. The van der Waals surface area contributed by atoms with Crippen molar-refractivity contribution in [1.82, 2.24) is 0 Å². The van der Waals surface area contributed by atoms with Gasteiger partial charge in [-0.25, -0.2) is 9.13 Å². The van der Waals surface area contributed by atoms with Crippen molar-refractivity contribution >= 4 is 57.3 Å². The Hall–Kier alpha value is -3.48. The molecule has 0 amide bonds. The van der Waals surface area contributed by atoms with E-state index in [4.69, 9.17) is 0 Å². The molecule has 2 aromatic heterocycles. The van der Waals surface area contributed by atoms with E-state index in [-0.39, 0.29) is 0 Å². The molecule has 6 rings (SSSR count). The average molecular weight is 593 g/mol. The number of pyridine rings is 2. The van der Waals surface area contributed by atoms with Gasteiger partial charge < -0.3 is 9.80 Å². The number of aryl methyl sites for hydroxylation is 2. The van der Waals surface area contributed by atoms with E-state index in [1.807, 2.05) is 21.6 Å². The molecule has 0 bridgehead atoms. The van der Waals surface area contributed by atoms with Gasteiger partial charge >= 0.3 is 0 Å². The Labute approximate surface area is 258 Å². The first kappa shape index (κ1) is 28.6. The minimum absolute atomic E-state index is 1.02. The molecule has 0 aliphatic carbocycles. The third kappa shape index (κ3) is 7.29. The lowest BCUT2D eigenvalue weighted by Crippen LogP contribution is -2.34. The van der Waals surface area contributed by atoms with Crippen LogP contribution in [0.15, 0.2) is 85.5 Å². The normalized spacial score (nSPS) is 14.3. The largest absolute Gasteiger partial charge is 0.374 e. The number of rotatable bonds is 11. The van der Waals surface area contributed by atoms with Crippen molar-refractivity contribution in [3.8, 4) is 0 Å². The van der Waals surface area contributed by atoms with Gasteiger partial charge in [0.1, 0.15) is 0 Å². The summed E-state index contributed by atoms with van der Waals surface area (Å²) in [6.07, 6.45) is 19.9. The summed E-state index contributed by atoms with van der Waals surface area (Å²) in [5.41, 5.74) is 10.7. The highest BCUT2D eigenvalue weighted by Crippen LogP contribution is 2.29. The van der Waals surface area contributed by atoms with Crippen molar-refractivity contribution < 1.29 is 9.13 Å². The van der Waals surface area contributed by atoms with Crippen molar-refractivity contribution in [3.63, 3.8) is 0 Å². The molecule has 0 fully saturated rings. The Kier molecular flexibility index (Phi) is 9.31. The van der Waals surface area contributed by atoms with Crippen LogP contribution in [0.2, 0.25) is 0 Å². The van der Waals surface area contributed by atoms with Gasteiger partial charge in [0.25, 0.3) is 0 Å². The lowest BCUT2D eigenvalue weighted by Gasteiger charge is -2.11. The second-order valence-electron chi connectivity index (χ2n) is 11.2. The first-order valence-electron chi connectivity index (χ1n) is 14.9. The SMILES string of the molecule is CN1CCc2cc(/C=C/c3cc[n+](CCSSCC[n+]4ccc(/C=C/c5ccc6c(c5)CCN6C)cc4)cc3)ccc21. The van der Waals surface area contributed by atoms with Crippen molar-refractivity contribution in [3.05, 3.63) is 119 Å². The number of likely N-dealkylation sites (N-methyl/N-ethyl adjacent to an activating group) is 2. The highest BCUT2D eigenvalue weighted by molar-refractivity contribution is 8.76. The van der Waals surface area contributed by atoms with E-state index < -0.39 is 0 Å². The average Bonchev–Trinajstić information content (AvgIpc) is 3.59. The zero-order chi connectivity index (χ0) is 28.7. The summed E-state index contributed by atoms with van der Waals surface area (Å²) in [6.45, 7) is 4.29. The topological polar surface area (TPSA) is 14.2 Å². The Morgan fingerprint density at radius 2 is 0.976 bits per heavy atom. The minimum Gasteiger partial charge on any atom is -0.374 e. The maximum absolute atomic E-state index is 2.33. The van der Waals surface area contributed by atoms with Gasteiger partial charge in [0.15, 0.2) is 37.9 Å². The number of nitrogens with zero attached hydrogens (tertiary/aromatic N) is 4. The van der Waals surface area contributed by atoms with Gasteiger partial charge in [-0.05, 0) is 70.5 Å². The van der Waals surface area contributed by atoms with E-state index in [1.54, 1.807) is 0 Å². The Morgan fingerprint density at radius 1 is 0.571 bits per heavy atom. The third-order valence-corrected chi connectivity index (χ3v) is 10.5. The van der Waals surface area contributed by atoms with Crippen LogP contribution in [0, 0.1) is 0 Å². The zero-order valence-corrected chi connectivity index (χ0v) is 26.3. The van der Waals surface area contributed by atoms with Crippen LogP contribution in [0.5, 0.6) is 0 Å². The van der Waals surface area contributed by atoms with Crippen LogP contribution in [0.1, 0.15) is 33.4 Å². The van der Waals surface area contributed by atoms with Gasteiger partial charge in [-0.1, -0.05) is 58.0 Å². The van der Waals surface area contributed by atoms with E-state index in [2.05, 4.69) is 143 Å². The first-order chi connectivity index (χ1) is 20.6. The number of aromatic nitrogens is 2. The smallest absolute Gasteiger partial charge is 0.169 e. The molecule has 4 heterocycles. The fourth-order valence-corrected chi connectivity index (χ4v) is 7.59. The maximum Gasteiger partial charge on any atom is 0.169 e. The van der Waals surface area contributed by atoms with E-state index in [1.165, 1.54) is 44.8 Å². The molecule has 2 aliphatic heterocycles. The van der Waals surface area contributed by atoms with Crippen LogP contribution in [0.25, 0.3) is 24.3 Å². The molecule has 0 N–H and O–H groups in total. The van der Waals surface area contributed by atoms with Crippen LogP contribution < -0.4 is 18.9 Å². The second-order valence-corrected chi connectivity index (χ2v) is 13.9. The molecule has 6 heteroatoms. The predicted octanol–water partition coefficient (Wildman–Crippen LogP) is 6.67. The van der Waals surface area contributed by atoms with Gasteiger partial charge in [-0.2, -0.15) is 0 Å². The fraction of sp³-hybridized carbons (Fsp3) is 0.278. The lowest BCUT2D eigenvalue weighted by atomic mass is 10.1. The zero-order valence-electron chi connectivity index (χ0n) is 24.7. The molecule has 0 saturated heterocycles. The van der Waals surface area contributed by atoms with Gasteiger partial charge in [0, 0.05) is 62.8 Å². The van der Waals surface area contributed by atoms with E-state index >= 15 is 0 Å². The van der Waals surface area contributed by atoms with Crippen LogP contribution in [0.3, 0.4) is 0 Å². The third-order valence-electron chi connectivity index (χ3n) is 8.18. The number of hydrogen-bond donors (Lipinski definition) is 0. The quantitative estimate of drug-likeness (QED) is 0.110. The Morgan fingerprint density at radius 3 is 1.40 bits per heavy atom. The molecule has 0 radical (unpaired) electrons. The van der Waals surface area contributed by atoms with Crippen LogP contribution in [-0.4, -0.2) is 38.7 Å². The van der Waals surface area contributed by atoms with Gasteiger partial charge in [-0.3, -0.25) is 0 Å². The summed E-state index contributed by atoms with van der Waals surface area (Å²) < 4.78 is 4.55. The summed E-state index contributed by atoms with van der Waals surface area (Å²) in [6, 6.07) is 22.4. The monoisotopic (exact) mass is 592 g/mol. The molecule has 0 unspecified atom stereocenters. The Balaban J connectivity index is 0.883. The maximum atomic E-state index is 2.33.